The highest BCUT2D eigenvalue weighted by molar-refractivity contribution is 6.30. The van der Waals surface area contributed by atoms with E-state index in [0.29, 0.717) is 0 Å². The van der Waals surface area contributed by atoms with Gasteiger partial charge in [-0.1, -0.05) is 11.6 Å². The Balaban J connectivity index is 2.56. The van der Waals surface area contributed by atoms with Gasteiger partial charge in [0.15, 0.2) is 5.82 Å². The first-order valence-corrected chi connectivity index (χ1v) is 4.49. The average Bonchev–Trinajstić information content (AvgIpc) is 2.09. The molecule has 0 radical (unpaired) electrons. The van der Waals surface area contributed by atoms with Crippen LogP contribution in [0.3, 0.4) is 0 Å². The van der Waals surface area contributed by atoms with Gasteiger partial charge < -0.3 is 10.4 Å². The summed E-state index contributed by atoms with van der Waals surface area (Å²) in [4.78, 5) is 0. The minimum absolute atomic E-state index is 0.140. The fourth-order valence-electron chi connectivity index (χ4n) is 1.49. The van der Waals surface area contributed by atoms with E-state index in [1.54, 1.807) is 0 Å². The second-order valence-electron chi connectivity index (χ2n) is 3.35. The first kappa shape index (κ1) is 9.83. The Labute approximate surface area is 84.5 Å². The van der Waals surface area contributed by atoms with Crippen molar-refractivity contribution >= 4 is 11.6 Å². The van der Waals surface area contributed by atoms with Crippen molar-refractivity contribution in [2.45, 2.75) is 5.60 Å². The largest absolute Gasteiger partial charge is 0.382 e. The summed E-state index contributed by atoms with van der Waals surface area (Å²) in [7, 11) is 0. The number of rotatable bonds is 1. The van der Waals surface area contributed by atoms with Crippen molar-refractivity contribution in [2.75, 3.05) is 13.1 Å². The first-order chi connectivity index (χ1) is 6.54. The third-order valence-electron chi connectivity index (χ3n) is 2.34. The summed E-state index contributed by atoms with van der Waals surface area (Å²) in [6.45, 7) is 0.280. The number of hydrogen-bond donors (Lipinski definition) is 2. The van der Waals surface area contributed by atoms with Crippen LogP contribution in [0.1, 0.15) is 5.56 Å². The van der Waals surface area contributed by atoms with E-state index in [4.69, 9.17) is 11.6 Å². The molecule has 2 N–H and O–H groups in total. The van der Waals surface area contributed by atoms with Gasteiger partial charge in [0, 0.05) is 13.1 Å². The van der Waals surface area contributed by atoms with Crippen LogP contribution in [0.4, 0.5) is 8.78 Å². The lowest BCUT2D eigenvalue weighted by Gasteiger charge is -2.38. The molecule has 1 saturated heterocycles. The minimum atomic E-state index is -1.46. The molecule has 5 heteroatoms. The van der Waals surface area contributed by atoms with Crippen LogP contribution in [0.25, 0.3) is 0 Å². The van der Waals surface area contributed by atoms with Gasteiger partial charge in [0.2, 0.25) is 0 Å². The van der Waals surface area contributed by atoms with Gasteiger partial charge in [0.25, 0.3) is 0 Å². The molecule has 0 saturated carbocycles. The number of aliphatic hydroxyl groups is 1. The summed E-state index contributed by atoms with van der Waals surface area (Å²) in [6, 6.07) is 2.18. The van der Waals surface area contributed by atoms with Crippen molar-refractivity contribution in [1.29, 1.82) is 0 Å². The SMILES string of the molecule is OC1(c2c(F)ccc(Cl)c2F)CNC1. The van der Waals surface area contributed by atoms with Crippen LogP contribution < -0.4 is 5.32 Å². The molecule has 0 aromatic heterocycles. The third-order valence-corrected chi connectivity index (χ3v) is 2.64. The van der Waals surface area contributed by atoms with E-state index in [9.17, 15) is 13.9 Å². The van der Waals surface area contributed by atoms with Crippen LogP contribution in [-0.4, -0.2) is 18.2 Å². The molecule has 1 heterocycles. The van der Waals surface area contributed by atoms with Crippen molar-refractivity contribution in [1.82, 2.24) is 5.32 Å². The maximum absolute atomic E-state index is 13.4. The van der Waals surface area contributed by atoms with Gasteiger partial charge in [-0.2, -0.15) is 0 Å². The van der Waals surface area contributed by atoms with Crippen LogP contribution in [0, 0.1) is 11.6 Å². The predicted molar refractivity (Wildman–Crippen MR) is 48.1 cm³/mol. The number of hydrogen-bond acceptors (Lipinski definition) is 2. The standard InChI is InChI=1S/C9H8ClF2NO/c10-5-1-2-6(11)7(8(5)12)9(14)3-13-4-9/h1-2,13-14H,3-4H2. The molecule has 1 aromatic carbocycles. The Hall–Kier alpha value is -0.710. The average molecular weight is 220 g/mol. The quantitative estimate of drug-likeness (QED) is 0.700. The highest BCUT2D eigenvalue weighted by Crippen LogP contribution is 2.32. The van der Waals surface area contributed by atoms with Crippen molar-refractivity contribution in [2.24, 2.45) is 0 Å². The van der Waals surface area contributed by atoms with Gasteiger partial charge in [-0.3, -0.25) is 0 Å². The van der Waals surface area contributed by atoms with Gasteiger partial charge in [-0.25, -0.2) is 8.78 Å². The lowest BCUT2D eigenvalue weighted by Crippen LogP contribution is -2.57. The predicted octanol–water partition coefficient (Wildman–Crippen LogP) is 1.41. The Morgan fingerprint density at radius 3 is 2.50 bits per heavy atom. The Morgan fingerprint density at radius 1 is 1.36 bits per heavy atom. The summed E-state index contributed by atoms with van der Waals surface area (Å²) >= 11 is 5.50. The van der Waals surface area contributed by atoms with Crippen molar-refractivity contribution in [3.63, 3.8) is 0 Å². The molecule has 0 aliphatic carbocycles. The fourth-order valence-corrected chi connectivity index (χ4v) is 1.65. The minimum Gasteiger partial charge on any atom is -0.382 e. The van der Waals surface area contributed by atoms with Crippen LogP contribution >= 0.6 is 11.6 Å². The molecule has 0 spiro atoms. The molecule has 76 valence electrons. The molecule has 1 aliphatic heterocycles. The van der Waals surface area contributed by atoms with Crippen LogP contribution in [0.2, 0.25) is 5.02 Å². The molecule has 14 heavy (non-hydrogen) atoms. The van der Waals surface area contributed by atoms with Crippen molar-refractivity contribution in [3.05, 3.63) is 34.4 Å². The van der Waals surface area contributed by atoms with E-state index in [2.05, 4.69) is 5.32 Å². The number of nitrogens with one attached hydrogen (secondary N) is 1. The van der Waals surface area contributed by atoms with Crippen LogP contribution in [0.15, 0.2) is 12.1 Å². The zero-order chi connectivity index (χ0) is 10.3. The molecule has 2 nitrogen and oxygen atoms in total. The van der Waals surface area contributed by atoms with Gasteiger partial charge in [0.1, 0.15) is 11.4 Å². The number of halogens is 3. The van der Waals surface area contributed by atoms with E-state index in [-0.39, 0.29) is 23.7 Å². The molecule has 0 bridgehead atoms. The van der Waals surface area contributed by atoms with E-state index < -0.39 is 17.2 Å². The van der Waals surface area contributed by atoms with Crippen LogP contribution in [0.5, 0.6) is 0 Å². The number of β-amino-alcohol motifs (C(OH)–C–C–N with tert-alkyl or cyclic N) is 1. The number of benzene rings is 1. The topological polar surface area (TPSA) is 32.3 Å². The lowest BCUT2D eigenvalue weighted by molar-refractivity contribution is -0.0208. The fraction of sp³-hybridized carbons (Fsp3) is 0.333. The zero-order valence-corrected chi connectivity index (χ0v) is 7.91. The van der Waals surface area contributed by atoms with E-state index in [1.165, 1.54) is 0 Å². The van der Waals surface area contributed by atoms with Gasteiger partial charge >= 0.3 is 0 Å². The molecule has 2 rings (SSSR count). The van der Waals surface area contributed by atoms with Crippen molar-refractivity contribution in [3.8, 4) is 0 Å². The molecule has 0 unspecified atom stereocenters. The lowest BCUT2D eigenvalue weighted by atomic mass is 9.87. The second kappa shape index (κ2) is 3.15. The Morgan fingerprint density at radius 2 is 2.00 bits per heavy atom. The highest BCUT2D eigenvalue weighted by atomic mass is 35.5. The van der Waals surface area contributed by atoms with Gasteiger partial charge in [-0.15, -0.1) is 0 Å². The third kappa shape index (κ3) is 1.30. The molecule has 0 atom stereocenters. The van der Waals surface area contributed by atoms with E-state index in [0.717, 1.165) is 12.1 Å². The van der Waals surface area contributed by atoms with E-state index in [1.807, 2.05) is 0 Å². The Kier molecular flexibility index (Phi) is 2.21. The monoisotopic (exact) mass is 219 g/mol. The van der Waals surface area contributed by atoms with Crippen LogP contribution in [-0.2, 0) is 5.60 Å². The maximum Gasteiger partial charge on any atom is 0.150 e. The Bertz CT molecular complexity index is 379. The highest BCUT2D eigenvalue weighted by Gasteiger charge is 2.41. The van der Waals surface area contributed by atoms with Gasteiger partial charge in [0.05, 0.1) is 10.6 Å². The maximum atomic E-state index is 13.4. The summed E-state index contributed by atoms with van der Waals surface area (Å²) in [5.41, 5.74) is -1.80. The molecule has 1 aromatic rings. The van der Waals surface area contributed by atoms with E-state index >= 15 is 0 Å². The summed E-state index contributed by atoms with van der Waals surface area (Å²) in [6.07, 6.45) is 0. The van der Waals surface area contributed by atoms with Crippen molar-refractivity contribution < 1.29 is 13.9 Å². The normalized spacial score (nSPS) is 19.1. The smallest absolute Gasteiger partial charge is 0.150 e. The molecule has 1 aliphatic rings. The molecule has 0 amide bonds. The molecule has 1 fully saturated rings. The molecular formula is C9H8ClF2NO. The summed E-state index contributed by atoms with van der Waals surface area (Å²) < 4.78 is 26.7. The zero-order valence-electron chi connectivity index (χ0n) is 7.15. The first-order valence-electron chi connectivity index (χ1n) is 4.12. The summed E-state index contributed by atoms with van der Waals surface area (Å²) in [5, 5.41) is 12.3. The summed E-state index contributed by atoms with van der Waals surface area (Å²) in [5.74, 6) is -1.65. The second-order valence-corrected chi connectivity index (χ2v) is 3.76. The van der Waals surface area contributed by atoms with Gasteiger partial charge in [-0.05, 0) is 12.1 Å². The molecular weight excluding hydrogens is 212 g/mol.